The van der Waals surface area contributed by atoms with Gasteiger partial charge >= 0.3 is 0 Å². The number of amides is 1. The molecule has 0 saturated heterocycles. The normalized spacial score (nSPS) is 19.0. The van der Waals surface area contributed by atoms with Gasteiger partial charge in [-0.25, -0.2) is 5.01 Å². The summed E-state index contributed by atoms with van der Waals surface area (Å²) >= 11 is 0. The first-order valence-electron chi connectivity index (χ1n) is 14.8. The van der Waals surface area contributed by atoms with Crippen molar-refractivity contribution in [2.75, 3.05) is 19.8 Å². The maximum Gasteiger partial charge on any atom is 0.281 e. The largest absolute Gasteiger partial charge is 0.494 e. The zero-order valence-electron chi connectivity index (χ0n) is 24.2. The number of hydrogen-bond acceptors (Lipinski definition) is 5. The fourth-order valence-electron chi connectivity index (χ4n) is 6.03. The van der Waals surface area contributed by atoms with E-state index in [1.165, 1.54) is 0 Å². The van der Waals surface area contributed by atoms with Crippen LogP contribution in [-0.4, -0.2) is 36.4 Å². The average Bonchev–Trinajstić information content (AvgIpc) is 3.41. The molecule has 0 aromatic heterocycles. The molecule has 2 unspecified atom stereocenters. The first kappa shape index (κ1) is 27.6. The molecule has 1 heterocycles. The average molecular weight is 561 g/mol. The Labute approximate surface area is 247 Å². The lowest BCUT2D eigenvalue weighted by molar-refractivity contribution is -0.135. The molecule has 1 fully saturated rings. The molecule has 2 atom stereocenters. The van der Waals surface area contributed by atoms with E-state index >= 15 is 0 Å². The quantitative estimate of drug-likeness (QED) is 0.209. The van der Waals surface area contributed by atoms with Gasteiger partial charge in [-0.15, -0.1) is 0 Å². The molecule has 42 heavy (non-hydrogen) atoms. The van der Waals surface area contributed by atoms with E-state index in [4.69, 9.17) is 19.3 Å². The van der Waals surface area contributed by atoms with Crippen LogP contribution in [0.3, 0.4) is 0 Å². The van der Waals surface area contributed by atoms with Crippen LogP contribution < -0.4 is 14.2 Å². The molecular formula is C36H36N2O4. The van der Waals surface area contributed by atoms with Crippen LogP contribution in [0.2, 0.25) is 0 Å². The smallest absolute Gasteiger partial charge is 0.281 e. The Kier molecular flexibility index (Phi) is 8.22. The molecule has 1 saturated carbocycles. The topological polar surface area (TPSA) is 60.4 Å². The van der Waals surface area contributed by atoms with Crippen molar-refractivity contribution in [1.82, 2.24) is 5.01 Å². The first-order chi connectivity index (χ1) is 20.6. The maximum atomic E-state index is 13.8. The SMILES string of the molecule is CCOc1cccc(/C=C2/CCCC3C2=NN(C(=O)COc2ccc4ccccc4c2)C3c2cccc(OCC)c2)c1. The highest BCUT2D eigenvalue weighted by Gasteiger charge is 2.44. The van der Waals surface area contributed by atoms with Crippen LogP contribution in [0.1, 0.15) is 50.3 Å². The highest BCUT2D eigenvalue weighted by atomic mass is 16.5. The second kappa shape index (κ2) is 12.5. The van der Waals surface area contributed by atoms with Gasteiger partial charge < -0.3 is 14.2 Å². The molecule has 4 aromatic carbocycles. The molecule has 6 nitrogen and oxygen atoms in total. The van der Waals surface area contributed by atoms with Gasteiger partial charge in [-0.1, -0.05) is 54.6 Å². The summed E-state index contributed by atoms with van der Waals surface area (Å²) in [5.41, 5.74) is 4.23. The molecule has 0 radical (unpaired) electrons. The highest BCUT2D eigenvalue weighted by molar-refractivity contribution is 6.08. The first-order valence-corrected chi connectivity index (χ1v) is 14.8. The van der Waals surface area contributed by atoms with Gasteiger partial charge in [-0.3, -0.25) is 4.79 Å². The molecule has 0 spiro atoms. The molecule has 1 amide bonds. The van der Waals surface area contributed by atoms with Gasteiger partial charge in [0.25, 0.3) is 5.91 Å². The summed E-state index contributed by atoms with van der Waals surface area (Å²) in [6.07, 6.45) is 5.09. The summed E-state index contributed by atoms with van der Waals surface area (Å²) < 4.78 is 17.6. The predicted octanol–water partition coefficient (Wildman–Crippen LogP) is 7.84. The predicted molar refractivity (Wildman–Crippen MR) is 167 cm³/mol. The van der Waals surface area contributed by atoms with Crippen LogP contribution in [0.4, 0.5) is 0 Å². The van der Waals surface area contributed by atoms with Crippen LogP contribution in [-0.2, 0) is 4.79 Å². The number of carbonyl (C=O) groups is 1. The summed E-state index contributed by atoms with van der Waals surface area (Å²) in [6.45, 7) is 5.06. The molecule has 4 aromatic rings. The summed E-state index contributed by atoms with van der Waals surface area (Å²) in [4.78, 5) is 13.8. The minimum absolute atomic E-state index is 0.0848. The van der Waals surface area contributed by atoms with Gasteiger partial charge in [0.2, 0.25) is 0 Å². The number of fused-ring (bicyclic) bond motifs is 2. The second-order valence-electron chi connectivity index (χ2n) is 10.6. The van der Waals surface area contributed by atoms with Crippen LogP contribution >= 0.6 is 0 Å². The number of hydrogen-bond donors (Lipinski definition) is 0. The molecule has 214 valence electrons. The molecule has 1 aliphatic heterocycles. The Morgan fingerprint density at radius 2 is 1.57 bits per heavy atom. The number of ether oxygens (including phenoxy) is 3. The van der Waals surface area contributed by atoms with E-state index in [0.29, 0.717) is 19.0 Å². The number of nitrogens with zero attached hydrogens (tertiary/aromatic N) is 2. The van der Waals surface area contributed by atoms with Crippen molar-refractivity contribution in [2.24, 2.45) is 11.0 Å². The fourth-order valence-corrected chi connectivity index (χ4v) is 6.03. The van der Waals surface area contributed by atoms with Crippen molar-refractivity contribution in [3.8, 4) is 17.2 Å². The van der Waals surface area contributed by atoms with E-state index in [2.05, 4.69) is 30.3 Å². The Morgan fingerprint density at radius 3 is 2.38 bits per heavy atom. The number of carbonyl (C=O) groups excluding carboxylic acids is 1. The van der Waals surface area contributed by atoms with Crippen LogP contribution in [0, 0.1) is 5.92 Å². The number of hydrazone groups is 1. The van der Waals surface area contributed by atoms with E-state index in [1.807, 2.05) is 80.6 Å². The van der Waals surface area contributed by atoms with Crippen LogP contribution in [0.15, 0.2) is 102 Å². The molecule has 0 N–H and O–H groups in total. The minimum Gasteiger partial charge on any atom is -0.494 e. The summed E-state index contributed by atoms with van der Waals surface area (Å²) in [7, 11) is 0. The monoisotopic (exact) mass is 560 g/mol. The van der Waals surface area contributed by atoms with E-state index in [0.717, 1.165) is 63.9 Å². The third kappa shape index (κ3) is 5.89. The maximum absolute atomic E-state index is 13.8. The standard InChI is InChI=1S/C36H36N2O4/c1-3-40-30-15-7-10-25(21-30)20-28-13-9-17-33-35(28)37-38(36(33)29-14-8-16-31(23-29)41-4-2)34(39)24-42-32-19-18-26-11-5-6-12-27(26)22-32/h5-8,10-12,14-16,18-23,33,36H,3-4,9,13,17,24H2,1-2H3/b28-20-. The van der Waals surface area contributed by atoms with Crippen molar-refractivity contribution in [3.05, 3.63) is 108 Å². The van der Waals surface area contributed by atoms with Crippen molar-refractivity contribution in [2.45, 2.75) is 39.2 Å². The van der Waals surface area contributed by atoms with E-state index in [1.54, 1.807) is 5.01 Å². The summed E-state index contributed by atoms with van der Waals surface area (Å²) in [6, 6.07) is 30.0. The highest BCUT2D eigenvalue weighted by Crippen LogP contribution is 2.45. The lowest BCUT2D eigenvalue weighted by Crippen LogP contribution is -2.34. The number of benzene rings is 4. The van der Waals surface area contributed by atoms with Gasteiger partial charge in [-0.2, -0.15) is 5.10 Å². The molecule has 6 heteroatoms. The zero-order chi connectivity index (χ0) is 28.9. The minimum atomic E-state index is -0.230. The molecule has 0 bridgehead atoms. The van der Waals surface area contributed by atoms with Gasteiger partial charge in [-0.05, 0) is 103 Å². The molecule has 2 aliphatic rings. The van der Waals surface area contributed by atoms with Crippen molar-refractivity contribution in [3.63, 3.8) is 0 Å². The van der Waals surface area contributed by atoms with Gasteiger partial charge in [0, 0.05) is 5.92 Å². The Bertz CT molecular complexity index is 1640. The van der Waals surface area contributed by atoms with Gasteiger partial charge in [0.05, 0.1) is 25.0 Å². The van der Waals surface area contributed by atoms with Crippen molar-refractivity contribution >= 4 is 28.5 Å². The van der Waals surface area contributed by atoms with E-state index in [-0.39, 0.29) is 24.5 Å². The second-order valence-corrected chi connectivity index (χ2v) is 10.6. The Balaban J connectivity index is 1.31. The fraction of sp³-hybridized carbons (Fsp3) is 0.278. The zero-order valence-corrected chi connectivity index (χ0v) is 24.2. The third-order valence-corrected chi connectivity index (χ3v) is 7.86. The van der Waals surface area contributed by atoms with Gasteiger partial charge in [0.1, 0.15) is 17.2 Å². The van der Waals surface area contributed by atoms with E-state index < -0.39 is 0 Å². The Morgan fingerprint density at radius 1 is 0.833 bits per heavy atom. The molecule has 1 aliphatic carbocycles. The number of rotatable bonds is 9. The summed E-state index contributed by atoms with van der Waals surface area (Å²) in [5, 5.41) is 8.88. The lowest BCUT2D eigenvalue weighted by atomic mass is 9.77. The Hall–Kier alpha value is -4.58. The van der Waals surface area contributed by atoms with Crippen LogP contribution in [0.25, 0.3) is 16.8 Å². The lowest BCUT2D eigenvalue weighted by Gasteiger charge is -2.30. The molecular weight excluding hydrogens is 524 g/mol. The van der Waals surface area contributed by atoms with Crippen molar-refractivity contribution < 1.29 is 19.0 Å². The van der Waals surface area contributed by atoms with E-state index in [9.17, 15) is 4.79 Å². The van der Waals surface area contributed by atoms with Gasteiger partial charge in [0.15, 0.2) is 6.61 Å². The third-order valence-electron chi connectivity index (χ3n) is 7.86. The summed E-state index contributed by atoms with van der Waals surface area (Å²) in [5.74, 6) is 2.22. The van der Waals surface area contributed by atoms with Crippen LogP contribution in [0.5, 0.6) is 17.2 Å². The molecule has 6 rings (SSSR count). The number of allylic oxidation sites excluding steroid dienone is 1. The van der Waals surface area contributed by atoms with Crippen molar-refractivity contribution in [1.29, 1.82) is 0 Å².